The Labute approximate surface area is 47.3 Å². The molecular formula is C5H6N3. The molecule has 41 valence electrons. The standard InChI is InChI=1S/C5H6N3/c1-2-5-6-4-7-8(5)3-1/h1-3H2. The number of hydrogen-bond acceptors (Lipinski definition) is 2. The number of aryl methyl sites for hydroxylation is 2. The molecule has 0 fully saturated rings. The van der Waals surface area contributed by atoms with Crippen molar-refractivity contribution < 1.29 is 0 Å². The second-order valence-electron chi connectivity index (χ2n) is 1.95. The fourth-order valence-electron chi connectivity index (χ4n) is 1.00. The van der Waals surface area contributed by atoms with Crippen molar-refractivity contribution in [2.45, 2.75) is 19.4 Å². The Kier molecular flexibility index (Phi) is 0.664. The Balaban J connectivity index is 2.54. The van der Waals surface area contributed by atoms with Crippen LogP contribution in [-0.2, 0) is 13.0 Å². The molecule has 1 aliphatic heterocycles. The number of aromatic nitrogens is 3. The van der Waals surface area contributed by atoms with Gasteiger partial charge in [0.05, 0.1) is 0 Å². The van der Waals surface area contributed by atoms with Crippen molar-refractivity contribution in [1.29, 1.82) is 0 Å². The maximum Gasteiger partial charge on any atom is 0.221 e. The quantitative estimate of drug-likeness (QED) is 0.469. The van der Waals surface area contributed by atoms with Gasteiger partial charge in [-0.05, 0) is 6.42 Å². The summed E-state index contributed by atoms with van der Waals surface area (Å²) in [5.41, 5.74) is 0. The van der Waals surface area contributed by atoms with Crippen LogP contribution >= 0.6 is 0 Å². The van der Waals surface area contributed by atoms with E-state index in [0.717, 1.165) is 18.8 Å². The van der Waals surface area contributed by atoms with E-state index in [2.05, 4.69) is 16.4 Å². The molecule has 2 heterocycles. The minimum Gasteiger partial charge on any atom is -0.249 e. The van der Waals surface area contributed by atoms with Gasteiger partial charge >= 0.3 is 0 Å². The zero-order chi connectivity index (χ0) is 5.40. The molecule has 2 rings (SSSR count). The molecule has 0 bridgehead atoms. The third-order valence-electron chi connectivity index (χ3n) is 1.41. The lowest BCUT2D eigenvalue weighted by molar-refractivity contribution is 0.655. The first kappa shape index (κ1) is 4.06. The molecule has 8 heavy (non-hydrogen) atoms. The summed E-state index contributed by atoms with van der Waals surface area (Å²) < 4.78 is 1.90. The maximum absolute atomic E-state index is 3.92. The van der Waals surface area contributed by atoms with E-state index in [1.54, 1.807) is 0 Å². The van der Waals surface area contributed by atoms with Crippen LogP contribution in [0.4, 0.5) is 0 Å². The van der Waals surface area contributed by atoms with Crippen molar-refractivity contribution in [3.05, 3.63) is 12.2 Å². The zero-order valence-corrected chi connectivity index (χ0v) is 4.46. The van der Waals surface area contributed by atoms with Gasteiger partial charge in [0.15, 0.2) is 0 Å². The Hall–Kier alpha value is -0.860. The van der Waals surface area contributed by atoms with Crippen LogP contribution < -0.4 is 0 Å². The van der Waals surface area contributed by atoms with Crippen molar-refractivity contribution in [3.8, 4) is 0 Å². The molecule has 1 aliphatic rings. The molecule has 3 heteroatoms. The van der Waals surface area contributed by atoms with Gasteiger partial charge in [-0.25, -0.2) is 9.67 Å². The van der Waals surface area contributed by atoms with Crippen LogP contribution in [0, 0.1) is 6.33 Å². The molecular weight excluding hydrogens is 102 g/mol. The highest BCUT2D eigenvalue weighted by molar-refractivity contribution is 4.88. The van der Waals surface area contributed by atoms with Crippen LogP contribution in [0.25, 0.3) is 0 Å². The van der Waals surface area contributed by atoms with E-state index in [-0.39, 0.29) is 0 Å². The lowest BCUT2D eigenvalue weighted by atomic mass is 10.4. The largest absolute Gasteiger partial charge is 0.249 e. The van der Waals surface area contributed by atoms with Crippen molar-refractivity contribution in [2.24, 2.45) is 0 Å². The summed E-state index contributed by atoms with van der Waals surface area (Å²) in [6.07, 6.45) is 4.84. The molecule has 0 saturated carbocycles. The average molecular weight is 108 g/mol. The van der Waals surface area contributed by atoms with Gasteiger partial charge in [-0.1, -0.05) is 0 Å². The number of nitrogens with zero attached hydrogens (tertiary/aromatic N) is 3. The third kappa shape index (κ3) is 0.384. The number of rotatable bonds is 0. The van der Waals surface area contributed by atoms with Gasteiger partial charge in [0, 0.05) is 13.0 Å². The van der Waals surface area contributed by atoms with E-state index in [1.165, 1.54) is 6.42 Å². The Bertz CT molecular complexity index is 173. The summed E-state index contributed by atoms with van der Waals surface area (Å²) in [4.78, 5) is 3.92. The molecule has 0 saturated heterocycles. The Morgan fingerprint density at radius 1 is 1.62 bits per heavy atom. The molecule has 1 aromatic rings. The molecule has 1 aromatic heterocycles. The summed E-state index contributed by atoms with van der Waals surface area (Å²) in [7, 11) is 0. The summed E-state index contributed by atoms with van der Waals surface area (Å²) >= 11 is 0. The minimum absolute atomic E-state index is 1.03. The van der Waals surface area contributed by atoms with Crippen LogP contribution in [0.3, 0.4) is 0 Å². The summed E-state index contributed by atoms with van der Waals surface area (Å²) in [5.74, 6) is 1.09. The average Bonchev–Trinajstić information content (AvgIpc) is 2.15. The fourth-order valence-corrected chi connectivity index (χ4v) is 1.00. The predicted octanol–water partition coefficient (Wildman–Crippen LogP) is 0.0245. The van der Waals surface area contributed by atoms with Crippen molar-refractivity contribution in [2.75, 3.05) is 0 Å². The van der Waals surface area contributed by atoms with Gasteiger partial charge in [0.25, 0.3) is 0 Å². The molecule has 3 nitrogen and oxygen atoms in total. The van der Waals surface area contributed by atoms with Gasteiger partial charge in [0.1, 0.15) is 5.82 Å². The number of hydrogen-bond donors (Lipinski definition) is 0. The van der Waals surface area contributed by atoms with Gasteiger partial charge in [-0.3, -0.25) is 0 Å². The van der Waals surface area contributed by atoms with Crippen LogP contribution in [0.2, 0.25) is 0 Å². The minimum atomic E-state index is 1.03. The second kappa shape index (κ2) is 1.31. The first-order valence-corrected chi connectivity index (χ1v) is 2.76. The maximum atomic E-state index is 3.92. The van der Waals surface area contributed by atoms with E-state index < -0.39 is 0 Å². The lowest BCUT2D eigenvalue weighted by Gasteiger charge is -1.85. The highest BCUT2D eigenvalue weighted by Gasteiger charge is 2.10. The van der Waals surface area contributed by atoms with Crippen LogP contribution in [0.1, 0.15) is 12.2 Å². The second-order valence-corrected chi connectivity index (χ2v) is 1.95. The Morgan fingerprint density at radius 2 is 2.62 bits per heavy atom. The van der Waals surface area contributed by atoms with Crippen LogP contribution in [0.5, 0.6) is 0 Å². The molecule has 0 spiro atoms. The van der Waals surface area contributed by atoms with Gasteiger partial charge in [0.2, 0.25) is 6.33 Å². The first-order chi connectivity index (χ1) is 3.97. The predicted molar refractivity (Wildman–Crippen MR) is 27.2 cm³/mol. The molecule has 1 radical (unpaired) electrons. The molecule has 0 aliphatic carbocycles. The smallest absolute Gasteiger partial charge is 0.221 e. The summed E-state index contributed by atoms with van der Waals surface area (Å²) in [5, 5.41) is 3.88. The van der Waals surface area contributed by atoms with Gasteiger partial charge in [-0.15, -0.1) is 5.10 Å². The molecule has 0 aromatic carbocycles. The molecule has 0 atom stereocenters. The first-order valence-electron chi connectivity index (χ1n) is 2.76. The normalized spacial score (nSPS) is 16.5. The van der Waals surface area contributed by atoms with E-state index in [4.69, 9.17) is 0 Å². The highest BCUT2D eigenvalue weighted by Crippen LogP contribution is 2.07. The summed E-state index contributed by atoms with van der Waals surface area (Å²) in [6.45, 7) is 1.03. The molecule has 0 amide bonds. The monoisotopic (exact) mass is 108 g/mol. The highest BCUT2D eigenvalue weighted by atomic mass is 15.3. The van der Waals surface area contributed by atoms with E-state index in [1.807, 2.05) is 4.68 Å². The SMILES string of the molecule is [c]1nc2n(n1)CCC2. The molecule has 0 N–H and O–H groups in total. The van der Waals surface area contributed by atoms with E-state index in [9.17, 15) is 0 Å². The Morgan fingerprint density at radius 3 is 3.50 bits per heavy atom. The van der Waals surface area contributed by atoms with Crippen LogP contribution in [-0.4, -0.2) is 14.8 Å². The van der Waals surface area contributed by atoms with E-state index >= 15 is 0 Å². The topological polar surface area (TPSA) is 30.7 Å². The van der Waals surface area contributed by atoms with Crippen LogP contribution in [0.15, 0.2) is 0 Å². The van der Waals surface area contributed by atoms with Gasteiger partial charge in [-0.2, -0.15) is 0 Å². The van der Waals surface area contributed by atoms with Gasteiger partial charge < -0.3 is 0 Å². The molecule has 0 unspecified atom stereocenters. The summed E-state index contributed by atoms with van der Waals surface area (Å²) in [6, 6.07) is 0. The lowest BCUT2D eigenvalue weighted by Crippen LogP contribution is -1.92. The zero-order valence-electron chi connectivity index (χ0n) is 4.46. The van der Waals surface area contributed by atoms with Crippen molar-refractivity contribution in [3.63, 3.8) is 0 Å². The number of fused-ring (bicyclic) bond motifs is 1. The third-order valence-corrected chi connectivity index (χ3v) is 1.41. The van der Waals surface area contributed by atoms with E-state index in [0.29, 0.717) is 0 Å². The fraction of sp³-hybridized carbons (Fsp3) is 0.600. The van der Waals surface area contributed by atoms with Crippen molar-refractivity contribution >= 4 is 0 Å². The van der Waals surface area contributed by atoms with Crippen molar-refractivity contribution in [1.82, 2.24) is 14.8 Å².